The maximum absolute atomic E-state index is 5.73. The Kier molecular flexibility index (Phi) is 3.66. The largest absolute Gasteiger partial charge is 0.481 e. The lowest BCUT2D eigenvalue weighted by molar-refractivity contribution is 0.398. The predicted molar refractivity (Wildman–Crippen MR) is 77.9 cm³/mol. The summed E-state index contributed by atoms with van der Waals surface area (Å²) in [5.74, 6) is 1.30. The summed E-state index contributed by atoms with van der Waals surface area (Å²) in [6.07, 6.45) is 1.67. The fourth-order valence-corrected chi connectivity index (χ4v) is 2.05. The van der Waals surface area contributed by atoms with Crippen molar-refractivity contribution in [2.75, 3.05) is 12.4 Å². The van der Waals surface area contributed by atoms with Crippen LogP contribution in [0.5, 0.6) is 5.88 Å². The number of nitrogens with zero attached hydrogens (tertiary/aromatic N) is 3. The first-order valence-electron chi connectivity index (χ1n) is 5.63. The van der Waals surface area contributed by atoms with Gasteiger partial charge in [0, 0.05) is 13.1 Å². The molecule has 6 nitrogen and oxygen atoms in total. The highest BCUT2D eigenvalue weighted by molar-refractivity contribution is 7.80. The molecule has 0 fully saturated rings. The zero-order chi connectivity index (χ0) is 14.0. The Labute approximate surface area is 116 Å². The van der Waals surface area contributed by atoms with Crippen LogP contribution in [0.25, 0.3) is 0 Å². The summed E-state index contributed by atoms with van der Waals surface area (Å²) in [5.41, 5.74) is 8.07. The third-order valence-corrected chi connectivity index (χ3v) is 2.88. The van der Waals surface area contributed by atoms with Crippen molar-refractivity contribution >= 4 is 28.7 Å². The van der Waals surface area contributed by atoms with Gasteiger partial charge in [0.1, 0.15) is 10.8 Å². The summed E-state index contributed by atoms with van der Waals surface area (Å²) in [5, 5.41) is 7.51. The Morgan fingerprint density at radius 3 is 2.74 bits per heavy atom. The van der Waals surface area contributed by atoms with Crippen LogP contribution in [-0.2, 0) is 7.05 Å². The minimum absolute atomic E-state index is 0.314. The molecule has 2 rings (SSSR count). The lowest BCUT2D eigenvalue weighted by Crippen LogP contribution is -2.13. The van der Waals surface area contributed by atoms with Crippen molar-refractivity contribution in [3.05, 3.63) is 29.6 Å². The summed E-state index contributed by atoms with van der Waals surface area (Å²) >= 11 is 5.05. The number of pyridine rings is 1. The number of methoxy groups -OCH3 is 1. The number of nitrogens with one attached hydrogen (secondary N) is 1. The molecule has 2 aromatic rings. The van der Waals surface area contributed by atoms with E-state index < -0.39 is 0 Å². The number of thiocarbonyl (C=S) groups is 1. The quantitative estimate of drug-likeness (QED) is 0.825. The second-order valence-corrected chi connectivity index (χ2v) is 4.45. The molecule has 0 aliphatic rings. The lowest BCUT2D eigenvalue weighted by Gasteiger charge is -2.09. The van der Waals surface area contributed by atoms with Crippen molar-refractivity contribution < 1.29 is 4.74 Å². The van der Waals surface area contributed by atoms with Crippen LogP contribution in [-0.4, -0.2) is 26.9 Å². The highest BCUT2D eigenvalue weighted by Crippen LogP contribution is 2.23. The van der Waals surface area contributed by atoms with Gasteiger partial charge >= 0.3 is 0 Å². The van der Waals surface area contributed by atoms with E-state index in [2.05, 4.69) is 15.4 Å². The zero-order valence-electron chi connectivity index (χ0n) is 11.0. The molecule has 0 aliphatic heterocycles. The Balaban J connectivity index is 2.34. The molecule has 0 saturated carbocycles. The molecular weight excluding hydrogens is 262 g/mol. The smallest absolute Gasteiger partial charge is 0.213 e. The number of hydrogen-bond donors (Lipinski definition) is 2. The van der Waals surface area contributed by atoms with Gasteiger partial charge in [-0.2, -0.15) is 5.10 Å². The normalized spacial score (nSPS) is 10.3. The van der Waals surface area contributed by atoms with E-state index in [1.807, 2.05) is 20.0 Å². The van der Waals surface area contributed by atoms with Crippen LogP contribution in [0.1, 0.15) is 11.3 Å². The third-order valence-electron chi connectivity index (χ3n) is 2.68. The van der Waals surface area contributed by atoms with E-state index in [-0.39, 0.29) is 0 Å². The van der Waals surface area contributed by atoms with Crippen LogP contribution in [0.3, 0.4) is 0 Å². The minimum atomic E-state index is 0.314. The molecule has 19 heavy (non-hydrogen) atoms. The van der Waals surface area contributed by atoms with Crippen molar-refractivity contribution in [2.45, 2.75) is 6.92 Å². The first-order valence-corrected chi connectivity index (χ1v) is 6.04. The van der Waals surface area contributed by atoms with Gasteiger partial charge in [0.25, 0.3) is 0 Å². The second-order valence-electron chi connectivity index (χ2n) is 4.01. The SMILES string of the molecule is COc1ccc(Nc2c(C(N)=S)c(C)nn2C)cn1. The van der Waals surface area contributed by atoms with Crippen LogP contribution in [0.2, 0.25) is 0 Å². The van der Waals surface area contributed by atoms with Crippen LogP contribution >= 0.6 is 12.2 Å². The summed E-state index contributed by atoms with van der Waals surface area (Å²) < 4.78 is 6.71. The Bertz CT molecular complexity index is 605. The van der Waals surface area contributed by atoms with E-state index in [0.717, 1.165) is 22.8 Å². The highest BCUT2D eigenvalue weighted by atomic mass is 32.1. The summed E-state index contributed by atoms with van der Waals surface area (Å²) in [4.78, 5) is 4.44. The molecule has 0 saturated heterocycles. The molecule has 0 spiro atoms. The van der Waals surface area contributed by atoms with Gasteiger partial charge in [-0.15, -0.1) is 0 Å². The van der Waals surface area contributed by atoms with Crippen LogP contribution in [0.4, 0.5) is 11.5 Å². The highest BCUT2D eigenvalue weighted by Gasteiger charge is 2.15. The van der Waals surface area contributed by atoms with Crippen LogP contribution in [0.15, 0.2) is 18.3 Å². The first kappa shape index (κ1) is 13.3. The zero-order valence-corrected chi connectivity index (χ0v) is 11.8. The number of nitrogens with two attached hydrogens (primary N) is 1. The molecule has 0 amide bonds. The monoisotopic (exact) mass is 277 g/mol. The van der Waals surface area contributed by atoms with Gasteiger partial charge in [0.2, 0.25) is 5.88 Å². The fourth-order valence-electron chi connectivity index (χ4n) is 1.81. The number of aryl methyl sites for hydroxylation is 2. The summed E-state index contributed by atoms with van der Waals surface area (Å²) in [6.45, 7) is 1.87. The molecule has 2 heterocycles. The van der Waals surface area contributed by atoms with Crippen molar-refractivity contribution in [1.29, 1.82) is 0 Å². The third kappa shape index (κ3) is 2.65. The van der Waals surface area contributed by atoms with Crippen molar-refractivity contribution in [1.82, 2.24) is 14.8 Å². The molecule has 0 radical (unpaired) electrons. The van der Waals surface area contributed by atoms with Gasteiger partial charge in [-0.1, -0.05) is 12.2 Å². The molecule has 0 aliphatic carbocycles. The van der Waals surface area contributed by atoms with Crippen LogP contribution < -0.4 is 15.8 Å². The number of ether oxygens (including phenoxy) is 1. The topological polar surface area (TPSA) is 78.0 Å². The number of aromatic nitrogens is 3. The molecule has 0 bridgehead atoms. The molecule has 2 aromatic heterocycles. The van der Waals surface area contributed by atoms with Crippen molar-refractivity contribution in [3.8, 4) is 5.88 Å². The molecule has 7 heteroatoms. The summed E-state index contributed by atoms with van der Waals surface area (Å²) in [6, 6.07) is 3.63. The lowest BCUT2D eigenvalue weighted by atomic mass is 10.2. The number of hydrogen-bond acceptors (Lipinski definition) is 5. The first-order chi connectivity index (χ1) is 9.02. The van der Waals surface area contributed by atoms with E-state index >= 15 is 0 Å². The minimum Gasteiger partial charge on any atom is -0.481 e. The van der Waals surface area contributed by atoms with Crippen molar-refractivity contribution in [2.24, 2.45) is 12.8 Å². The maximum Gasteiger partial charge on any atom is 0.213 e. The van der Waals surface area contributed by atoms with E-state index in [4.69, 9.17) is 22.7 Å². The molecule has 0 aromatic carbocycles. The molecule has 100 valence electrons. The number of anilines is 2. The average Bonchev–Trinajstić information content (AvgIpc) is 2.65. The number of rotatable bonds is 4. The van der Waals surface area contributed by atoms with Crippen LogP contribution in [0, 0.1) is 6.92 Å². The Morgan fingerprint density at radius 2 is 2.21 bits per heavy atom. The molecule has 3 N–H and O–H groups in total. The predicted octanol–water partition coefficient (Wildman–Crippen LogP) is 1.51. The molecule has 0 atom stereocenters. The van der Waals surface area contributed by atoms with Gasteiger partial charge in [0.15, 0.2) is 0 Å². The molecule has 0 unspecified atom stereocenters. The Morgan fingerprint density at radius 1 is 1.47 bits per heavy atom. The van der Waals surface area contributed by atoms with Crippen molar-refractivity contribution in [3.63, 3.8) is 0 Å². The van der Waals surface area contributed by atoms with Gasteiger partial charge < -0.3 is 15.8 Å². The molecular formula is C12H15N5OS. The maximum atomic E-state index is 5.73. The second kappa shape index (κ2) is 5.23. The average molecular weight is 277 g/mol. The standard InChI is InChI=1S/C12H15N5OS/c1-7-10(11(13)19)12(17(2)16-7)15-8-4-5-9(18-3)14-6-8/h4-6,15H,1-3H3,(H2,13,19). The fraction of sp³-hybridized carbons (Fsp3) is 0.250. The summed E-state index contributed by atoms with van der Waals surface area (Å²) in [7, 11) is 3.40. The van der Waals surface area contributed by atoms with Gasteiger partial charge in [0.05, 0.1) is 30.3 Å². The van der Waals surface area contributed by atoms with E-state index in [9.17, 15) is 0 Å². The van der Waals surface area contributed by atoms with E-state index in [1.54, 1.807) is 24.1 Å². The van der Waals surface area contributed by atoms with E-state index in [0.29, 0.717) is 10.9 Å². The van der Waals surface area contributed by atoms with Gasteiger partial charge in [-0.3, -0.25) is 4.68 Å². The Hall–Kier alpha value is -2.15. The van der Waals surface area contributed by atoms with E-state index in [1.165, 1.54) is 0 Å². The van der Waals surface area contributed by atoms with Gasteiger partial charge in [-0.25, -0.2) is 4.98 Å². The van der Waals surface area contributed by atoms with Gasteiger partial charge in [-0.05, 0) is 13.0 Å².